The third-order valence-corrected chi connectivity index (χ3v) is 2.86. The van der Waals surface area contributed by atoms with E-state index in [0.29, 0.717) is 12.0 Å². The Morgan fingerprint density at radius 1 is 1.44 bits per heavy atom. The van der Waals surface area contributed by atoms with Crippen LogP contribution in [0, 0.1) is 0 Å². The summed E-state index contributed by atoms with van der Waals surface area (Å²) in [7, 11) is 0. The Labute approximate surface area is 106 Å². The molecule has 0 radical (unpaired) electrons. The minimum atomic E-state index is -0.580. The molecule has 2 rings (SSSR count). The van der Waals surface area contributed by atoms with Gasteiger partial charge < -0.3 is 4.74 Å². The molecule has 94 valence electrons. The van der Waals surface area contributed by atoms with Gasteiger partial charge in [0.2, 0.25) is 0 Å². The molecule has 4 nitrogen and oxygen atoms in total. The second-order valence-corrected chi connectivity index (χ2v) is 4.38. The average Bonchev–Trinajstić information content (AvgIpc) is 2.71. The van der Waals surface area contributed by atoms with Crippen LogP contribution in [0.4, 0.5) is 4.79 Å². The van der Waals surface area contributed by atoms with E-state index in [1.807, 2.05) is 30.3 Å². The average molecular weight is 245 g/mol. The molecule has 0 aliphatic carbocycles. The number of imide groups is 1. The summed E-state index contributed by atoms with van der Waals surface area (Å²) in [6.07, 6.45) is 0.0231. The molecule has 0 spiro atoms. The van der Waals surface area contributed by atoms with Crippen molar-refractivity contribution in [2.45, 2.75) is 19.4 Å². The van der Waals surface area contributed by atoms with Gasteiger partial charge in [-0.05, 0) is 18.9 Å². The molecule has 18 heavy (non-hydrogen) atoms. The molecule has 1 aromatic carbocycles. The van der Waals surface area contributed by atoms with E-state index in [4.69, 9.17) is 4.74 Å². The van der Waals surface area contributed by atoms with E-state index in [1.54, 1.807) is 6.92 Å². The minimum absolute atomic E-state index is 0.243. The number of rotatable bonds is 3. The second kappa shape index (κ2) is 5.04. The number of benzene rings is 1. The molecule has 1 heterocycles. The van der Waals surface area contributed by atoms with E-state index in [0.717, 1.165) is 10.5 Å². The molecule has 1 saturated heterocycles. The quantitative estimate of drug-likeness (QED) is 0.766. The topological polar surface area (TPSA) is 46.6 Å². The van der Waals surface area contributed by atoms with Crippen molar-refractivity contribution in [2.24, 2.45) is 0 Å². The maximum atomic E-state index is 11.9. The van der Waals surface area contributed by atoms with Gasteiger partial charge in [0, 0.05) is 5.57 Å². The van der Waals surface area contributed by atoms with E-state index in [2.05, 4.69) is 6.58 Å². The van der Waals surface area contributed by atoms with Gasteiger partial charge in [0.25, 0.3) is 5.91 Å². The first kappa shape index (κ1) is 12.4. The Hall–Kier alpha value is -2.10. The maximum absolute atomic E-state index is 11.9. The van der Waals surface area contributed by atoms with Crippen LogP contribution in [0.1, 0.15) is 12.5 Å². The molecule has 1 unspecified atom stereocenters. The van der Waals surface area contributed by atoms with Gasteiger partial charge in [0.15, 0.2) is 0 Å². The van der Waals surface area contributed by atoms with Crippen molar-refractivity contribution >= 4 is 12.0 Å². The predicted octanol–water partition coefficient (Wildman–Crippen LogP) is 2.15. The monoisotopic (exact) mass is 245 g/mol. The van der Waals surface area contributed by atoms with Crippen LogP contribution in [0.5, 0.6) is 0 Å². The van der Waals surface area contributed by atoms with E-state index in [1.165, 1.54) is 0 Å². The molecule has 0 bridgehead atoms. The first-order valence-corrected chi connectivity index (χ1v) is 5.79. The summed E-state index contributed by atoms with van der Waals surface area (Å²) in [6, 6.07) is 9.47. The lowest BCUT2D eigenvalue weighted by molar-refractivity contribution is -0.125. The predicted molar refractivity (Wildman–Crippen MR) is 66.9 cm³/mol. The van der Waals surface area contributed by atoms with Crippen LogP contribution in [0.25, 0.3) is 0 Å². The number of nitrogens with zero attached hydrogens (tertiary/aromatic N) is 1. The largest absolute Gasteiger partial charge is 0.447 e. The molecular formula is C14H15NO3. The van der Waals surface area contributed by atoms with E-state index >= 15 is 0 Å². The number of hydrogen-bond donors (Lipinski definition) is 0. The smallest absolute Gasteiger partial charge is 0.417 e. The minimum Gasteiger partial charge on any atom is -0.447 e. The van der Waals surface area contributed by atoms with Crippen LogP contribution in [0.3, 0.4) is 0 Å². The lowest BCUT2D eigenvalue weighted by Crippen LogP contribution is -2.40. The Balaban J connectivity index is 2.15. The fraction of sp³-hybridized carbons (Fsp3) is 0.286. The number of cyclic esters (lactones) is 1. The highest BCUT2D eigenvalue weighted by Gasteiger charge is 2.37. The zero-order valence-corrected chi connectivity index (χ0v) is 10.3. The second-order valence-electron chi connectivity index (χ2n) is 4.38. The SMILES string of the molecule is C=C(C)C(=O)N1C(=O)OCC1Cc1ccccc1. The molecule has 1 fully saturated rings. The summed E-state index contributed by atoms with van der Waals surface area (Å²) in [5.41, 5.74) is 1.41. The fourth-order valence-electron chi connectivity index (χ4n) is 1.95. The van der Waals surface area contributed by atoms with Gasteiger partial charge in [-0.3, -0.25) is 4.79 Å². The normalized spacial score (nSPS) is 18.6. The summed E-state index contributed by atoms with van der Waals surface area (Å²) in [4.78, 5) is 24.6. The Bertz CT molecular complexity index is 481. The van der Waals surface area contributed by atoms with Crippen molar-refractivity contribution in [3.63, 3.8) is 0 Å². The fourth-order valence-corrected chi connectivity index (χ4v) is 1.95. The van der Waals surface area contributed by atoms with Crippen molar-refractivity contribution in [3.8, 4) is 0 Å². The third kappa shape index (κ3) is 2.42. The van der Waals surface area contributed by atoms with E-state index in [9.17, 15) is 9.59 Å². The zero-order chi connectivity index (χ0) is 13.1. The van der Waals surface area contributed by atoms with Gasteiger partial charge >= 0.3 is 6.09 Å². The number of amides is 2. The number of carbonyl (C=O) groups excluding carboxylic acids is 2. The molecule has 0 aromatic heterocycles. The van der Waals surface area contributed by atoms with Crippen molar-refractivity contribution < 1.29 is 14.3 Å². The molecule has 1 aliphatic rings. The van der Waals surface area contributed by atoms with Crippen molar-refractivity contribution in [1.29, 1.82) is 0 Å². The van der Waals surface area contributed by atoms with Crippen LogP contribution in [-0.2, 0) is 16.0 Å². The molecule has 4 heteroatoms. The molecule has 0 saturated carbocycles. The van der Waals surface area contributed by atoms with Gasteiger partial charge in [0.05, 0.1) is 6.04 Å². The third-order valence-electron chi connectivity index (χ3n) is 2.86. The van der Waals surface area contributed by atoms with Gasteiger partial charge in [0.1, 0.15) is 6.61 Å². The highest BCUT2D eigenvalue weighted by molar-refractivity contribution is 6.02. The summed E-state index contributed by atoms with van der Waals surface area (Å²) < 4.78 is 4.95. The van der Waals surface area contributed by atoms with Crippen molar-refractivity contribution in [3.05, 3.63) is 48.0 Å². The molecule has 1 aliphatic heterocycles. The maximum Gasteiger partial charge on any atom is 0.417 e. The Kier molecular flexibility index (Phi) is 3.46. The zero-order valence-electron chi connectivity index (χ0n) is 10.3. The Morgan fingerprint density at radius 3 is 2.72 bits per heavy atom. The van der Waals surface area contributed by atoms with Crippen LogP contribution >= 0.6 is 0 Å². The van der Waals surface area contributed by atoms with Gasteiger partial charge in [-0.15, -0.1) is 0 Å². The Morgan fingerprint density at radius 2 is 2.11 bits per heavy atom. The van der Waals surface area contributed by atoms with E-state index in [-0.39, 0.29) is 18.6 Å². The molecular weight excluding hydrogens is 230 g/mol. The van der Waals surface area contributed by atoms with Crippen LogP contribution in [0.15, 0.2) is 42.5 Å². The van der Waals surface area contributed by atoms with Gasteiger partial charge in [-0.25, -0.2) is 9.69 Å². The van der Waals surface area contributed by atoms with Gasteiger partial charge in [-0.2, -0.15) is 0 Å². The lowest BCUT2D eigenvalue weighted by atomic mass is 10.1. The first-order valence-electron chi connectivity index (χ1n) is 5.79. The van der Waals surface area contributed by atoms with Crippen molar-refractivity contribution in [1.82, 2.24) is 4.90 Å². The summed E-state index contributed by atoms with van der Waals surface area (Å²) in [6.45, 7) is 5.41. The van der Waals surface area contributed by atoms with Crippen LogP contribution in [0.2, 0.25) is 0 Å². The highest BCUT2D eigenvalue weighted by atomic mass is 16.6. The molecule has 1 aromatic rings. The van der Waals surface area contributed by atoms with Crippen LogP contribution < -0.4 is 0 Å². The number of ether oxygens (including phenoxy) is 1. The molecule has 1 atom stereocenters. The summed E-state index contributed by atoms with van der Waals surface area (Å²) >= 11 is 0. The first-order chi connectivity index (χ1) is 8.59. The van der Waals surface area contributed by atoms with E-state index < -0.39 is 6.09 Å². The summed E-state index contributed by atoms with van der Waals surface area (Å²) in [5.74, 6) is -0.363. The molecule has 0 N–H and O–H groups in total. The van der Waals surface area contributed by atoms with Crippen molar-refractivity contribution in [2.75, 3.05) is 6.61 Å². The highest BCUT2D eigenvalue weighted by Crippen LogP contribution is 2.19. The molecule has 2 amide bonds. The van der Waals surface area contributed by atoms with Crippen LogP contribution in [-0.4, -0.2) is 29.5 Å². The van der Waals surface area contributed by atoms with Gasteiger partial charge in [-0.1, -0.05) is 36.9 Å². The number of hydrogen-bond acceptors (Lipinski definition) is 3. The number of carbonyl (C=O) groups is 2. The standard InChI is InChI=1S/C14H15NO3/c1-10(2)13(16)15-12(9-18-14(15)17)8-11-6-4-3-5-7-11/h3-7,12H,1,8-9H2,2H3. The summed E-state index contributed by atoms with van der Waals surface area (Å²) in [5, 5.41) is 0. The lowest BCUT2D eigenvalue weighted by Gasteiger charge is -2.19.